The van der Waals surface area contributed by atoms with E-state index < -0.39 is 0 Å². The lowest BCUT2D eigenvalue weighted by Crippen LogP contribution is -2.14. The number of carbonyl (C=O) groups is 1. The summed E-state index contributed by atoms with van der Waals surface area (Å²) in [5.74, 6) is -0.210. The highest BCUT2D eigenvalue weighted by molar-refractivity contribution is 8.01. The molecule has 1 amide bonds. The number of thioether (sulfide) groups is 1. The van der Waals surface area contributed by atoms with Crippen molar-refractivity contribution in [3.63, 3.8) is 0 Å². The zero-order chi connectivity index (χ0) is 19.4. The van der Waals surface area contributed by atoms with Crippen molar-refractivity contribution in [1.29, 1.82) is 0 Å². The molecule has 5 nitrogen and oxygen atoms in total. The van der Waals surface area contributed by atoms with Gasteiger partial charge in [-0.2, -0.15) is 0 Å². The predicted molar refractivity (Wildman–Crippen MR) is 112 cm³/mol. The quantitative estimate of drug-likeness (QED) is 0.467. The number of rotatable bonds is 6. The summed E-state index contributed by atoms with van der Waals surface area (Å²) in [7, 11) is 3.92. The van der Waals surface area contributed by atoms with Crippen molar-refractivity contribution >= 4 is 52.6 Å². The molecule has 140 valence electrons. The van der Waals surface area contributed by atoms with Crippen LogP contribution in [0.1, 0.15) is 0 Å². The number of amides is 1. The lowest BCUT2D eigenvalue weighted by Gasteiger charge is -2.12. The Kier molecular flexibility index (Phi) is 6.25. The normalized spacial score (nSPS) is 10.6. The van der Waals surface area contributed by atoms with Crippen molar-refractivity contribution in [1.82, 2.24) is 9.78 Å². The molecule has 0 aliphatic heterocycles. The molecule has 9 heteroatoms. The van der Waals surface area contributed by atoms with Gasteiger partial charge in [0.15, 0.2) is 8.29 Å². The van der Waals surface area contributed by atoms with Crippen LogP contribution in [-0.2, 0) is 4.79 Å². The fourth-order valence-electron chi connectivity index (χ4n) is 2.23. The molecule has 1 N–H and O–H groups in total. The SMILES string of the molecule is CN(C)c1ccc(NC(=O)CSc2nn(-c3ccc(F)cc3)c(=S)s2)cc1. The molecule has 0 atom stereocenters. The van der Waals surface area contributed by atoms with Crippen molar-refractivity contribution in [3.8, 4) is 5.69 Å². The highest BCUT2D eigenvalue weighted by Crippen LogP contribution is 2.24. The number of halogens is 1. The van der Waals surface area contributed by atoms with E-state index >= 15 is 0 Å². The van der Waals surface area contributed by atoms with Crippen molar-refractivity contribution < 1.29 is 9.18 Å². The van der Waals surface area contributed by atoms with E-state index in [1.54, 1.807) is 16.8 Å². The van der Waals surface area contributed by atoms with E-state index in [9.17, 15) is 9.18 Å². The maximum Gasteiger partial charge on any atom is 0.234 e. The van der Waals surface area contributed by atoms with E-state index in [1.807, 2.05) is 43.3 Å². The van der Waals surface area contributed by atoms with Crippen LogP contribution in [-0.4, -0.2) is 35.5 Å². The molecule has 0 spiro atoms. The van der Waals surface area contributed by atoms with Crippen LogP contribution in [0.3, 0.4) is 0 Å². The maximum absolute atomic E-state index is 13.1. The second kappa shape index (κ2) is 8.64. The van der Waals surface area contributed by atoms with Gasteiger partial charge in [0.25, 0.3) is 0 Å². The number of benzene rings is 2. The summed E-state index contributed by atoms with van der Waals surface area (Å²) in [4.78, 5) is 14.2. The number of hydrogen-bond donors (Lipinski definition) is 1. The Hall–Kier alpha value is -2.23. The third-order valence-corrected chi connectivity index (χ3v) is 5.96. The van der Waals surface area contributed by atoms with Crippen LogP contribution in [0.15, 0.2) is 52.9 Å². The molecule has 1 aromatic heterocycles. The van der Waals surface area contributed by atoms with Gasteiger partial charge >= 0.3 is 0 Å². The lowest BCUT2D eigenvalue weighted by molar-refractivity contribution is -0.113. The summed E-state index contributed by atoms with van der Waals surface area (Å²) < 4.78 is 15.9. The average molecular weight is 421 g/mol. The van der Waals surface area contributed by atoms with E-state index in [1.165, 1.54) is 35.2 Å². The fraction of sp³-hybridized carbons (Fsp3) is 0.167. The molecular formula is C18H17FN4OS3. The van der Waals surface area contributed by atoms with Crippen molar-refractivity contribution in [2.75, 3.05) is 30.1 Å². The van der Waals surface area contributed by atoms with Gasteiger partial charge in [-0.1, -0.05) is 23.1 Å². The van der Waals surface area contributed by atoms with Crippen molar-refractivity contribution in [3.05, 3.63) is 58.3 Å². The molecule has 0 fully saturated rings. The van der Waals surface area contributed by atoms with E-state index in [-0.39, 0.29) is 17.5 Å². The summed E-state index contributed by atoms with van der Waals surface area (Å²) in [5, 5.41) is 7.27. The molecule has 1 heterocycles. The summed E-state index contributed by atoms with van der Waals surface area (Å²) in [5.41, 5.74) is 2.50. The molecule has 0 saturated heterocycles. The van der Waals surface area contributed by atoms with Crippen LogP contribution in [0.4, 0.5) is 15.8 Å². The lowest BCUT2D eigenvalue weighted by atomic mass is 10.2. The molecule has 3 aromatic rings. The minimum absolute atomic E-state index is 0.118. The van der Waals surface area contributed by atoms with Crippen LogP contribution in [0, 0.1) is 9.77 Å². The molecule has 2 aromatic carbocycles. The Bertz CT molecular complexity index is 981. The smallest absolute Gasteiger partial charge is 0.234 e. The van der Waals surface area contributed by atoms with Crippen molar-refractivity contribution in [2.24, 2.45) is 0 Å². The van der Waals surface area contributed by atoms with Gasteiger partial charge in [-0.05, 0) is 60.7 Å². The Labute approximate surface area is 169 Å². The number of nitrogens with one attached hydrogen (secondary N) is 1. The van der Waals surface area contributed by atoms with Gasteiger partial charge in [-0.15, -0.1) is 5.10 Å². The Morgan fingerprint density at radius 1 is 1.22 bits per heavy atom. The Balaban J connectivity index is 1.60. The summed E-state index contributed by atoms with van der Waals surface area (Å²) in [6.07, 6.45) is 0. The largest absolute Gasteiger partial charge is 0.378 e. The predicted octanol–water partition coefficient (Wildman–Crippen LogP) is 4.60. The molecule has 0 aliphatic rings. The topological polar surface area (TPSA) is 50.2 Å². The Morgan fingerprint density at radius 2 is 1.89 bits per heavy atom. The average Bonchev–Trinajstić information content (AvgIpc) is 3.02. The maximum atomic E-state index is 13.1. The van der Waals surface area contributed by atoms with E-state index in [0.29, 0.717) is 14.0 Å². The standard InChI is InChI=1S/C18H17FN4OS3/c1-22(2)14-9-5-13(6-10-14)20-16(24)11-26-17-21-23(18(25)27-17)15-7-3-12(19)4-8-15/h3-10H,11H2,1-2H3,(H,20,24). The first-order chi connectivity index (χ1) is 12.9. The minimum Gasteiger partial charge on any atom is -0.378 e. The molecule has 3 rings (SSSR count). The number of carbonyl (C=O) groups excluding carboxylic acids is 1. The Morgan fingerprint density at radius 3 is 2.52 bits per heavy atom. The van der Waals surface area contributed by atoms with Crippen LogP contribution in [0.25, 0.3) is 5.69 Å². The van der Waals surface area contributed by atoms with Gasteiger partial charge in [-0.3, -0.25) is 4.79 Å². The molecule has 27 heavy (non-hydrogen) atoms. The number of aromatic nitrogens is 2. The van der Waals surface area contributed by atoms with Gasteiger partial charge in [0, 0.05) is 25.5 Å². The summed E-state index contributed by atoms with van der Waals surface area (Å²) in [6.45, 7) is 0. The summed E-state index contributed by atoms with van der Waals surface area (Å²) in [6, 6.07) is 13.6. The highest BCUT2D eigenvalue weighted by Gasteiger charge is 2.10. The first-order valence-corrected chi connectivity index (χ1v) is 10.2. The monoisotopic (exact) mass is 420 g/mol. The van der Waals surface area contributed by atoms with Crippen LogP contribution in [0.5, 0.6) is 0 Å². The molecular weight excluding hydrogens is 403 g/mol. The summed E-state index contributed by atoms with van der Waals surface area (Å²) >= 11 is 7.94. The third kappa shape index (κ3) is 5.15. The second-order valence-corrected chi connectivity index (χ2v) is 8.65. The first kappa shape index (κ1) is 19.5. The van der Waals surface area contributed by atoms with Crippen LogP contribution in [0.2, 0.25) is 0 Å². The minimum atomic E-state index is -0.314. The molecule has 0 aliphatic carbocycles. The van der Waals surface area contributed by atoms with Gasteiger partial charge < -0.3 is 10.2 Å². The number of hydrogen-bond acceptors (Lipinski definition) is 6. The van der Waals surface area contributed by atoms with E-state index in [0.717, 1.165) is 11.4 Å². The van der Waals surface area contributed by atoms with E-state index in [4.69, 9.17) is 12.2 Å². The van der Waals surface area contributed by atoms with Gasteiger partial charge in [-0.25, -0.2) is 9.07 Å². The molecule has 0 radical (unpaired) electrons. The molecule has 0 saturated carbocycles. The van der Waals surface area contributed by atoms with Gasteiger partial charge in [0.05, 0.1) is 11.4 Å². The zero-order valence-corrected chi connectivity index (χ0v) is 17.1. The van der Waals surface area contributed by atoms with Crippen LogP contribution < -0.4 is 10.2 Å². The first-order valence-electron chi connectivity index (χ1n) is 7.98. The number of anilines is 2. The van der Waals surface area contributed by atoms with Crippen molar-refractivity contribution in [2.45, 2.75) is 4.34 Å². The fourth-order valence-corrected chi connectivity index (χ4v) is 4.39. The zero-order valence-electron chi connectivity index (χ0n) is 14.7. The van der Waals surface area contributed by atoms with E-state index in [2.05, 4.69) is 10.4 Å². The van der Waals surface area contributed by atoms with Crippen LogP contribution >= 0.6 is 35.3 Å². The van der Waals surface area contributed by atoms with Gasteiger partial charge in [0.2, 0.25) is 5.91 Å². The second-order valence-electron chi connectivity index (χ2n) is 5.80. The highest BCUT2D eigenvalue weighted by atomic mass is 32.2. The van der Waals surface area contributed by atoms with Gasteiger partial charge in [0.1, 0.15) is 5.82 Å². The molecule has 0 unspecified atom stereocenters. The molecule has 0 bridgehead atoms. The number of nitrogens with zero attached hydrogens (tertiary/aromatic N) is 3. The third-order valence-electron chi connectivity index (χ3n) is 3.59.